The first-order valence-corrected chi connectivity index (χ1v) is 9.15. The molecule has 1 saturated heterocycles. The van der Waals surface area contributed by atoms with Gasteiger partial charge in [-0.1, -0.05) is 13.3 Å². The second kappa shape index (κ2) is 8.72. The molecule has 5 unspecified atom stereocenters. The number of aliphatic imine (C=N–C) groups is 1. The van der Waals surface area contributed by atoms with Crippen LogP contribution in [0.5, 0.6) is 0 Å². The van der Waals surface area contributed by atoms with E-state index >= 15 is 0 Å². The number of rotatable bonds is 4. The van der Waals surface area contributed by atoms with E-state index in [1.165, 1.54) is 39.2 Å². The number of fused-ring (bicyclic) bond motifs is 2. The molecule has 1 heterocycles. The first-order chi connectivity index (χ1) is 11.1. The molecule has 5 atom stereocenters. The van der Waals surface area contributed by atoms with Gasteiger partial charge in [0, 0.05) is 26.7 Å². The van der Waals surface area contributed by atoms with E-state index in [2.05, 4.69) is 22.1 Å². The van der Waals surface area contributed by atoms with Gasteiger partial charge >= 0.3 is 5.97 Å². The topological polar surface area (TPSA) is 53.9 Å². The van der Waals surface area contributed by atoms with E-state index < -0.39 is 0 Å². The van der Waals surface area contributed by atoms with Crippen molar-refractivity contribution in [2.75, 3.05) is 33.8 Å². The zero-order valence-electron chi connectivity index (χ0n) is 15.2. The highest BCUT2D eigenvalue weighted by molar-refractivity contribution is 14.0. The van der Waals surface area contributed by atoms with Crippen LogP contribution in [0.1, 0.15) is 39.0 Å². The van der Waals surface area contributed by atoms with Crippen LogP contribution >= 0.6 is 24.0 Å². The maximum absolute atomic E-state index is 11.8. The van der Waals surface area contributed by atoms with Gasteiger partial charge in [-0.05, 0) is 49.4 Å². The minimum atomic E-state index is -0.0996. The molecule has 1 N–H and O–H groups in total. The van der Waals surface area contributed by atoms with Crippen molar-refractivity contribution in [2.24, 2.45) is 34.6 Å². The summed E-state index contributed by atoms with van der Waals surface area (Å²) >= 11 is 0. The number of halogens is 1. The molecule has 0 aromatic carbocycles. The number of ether oxygens (including phenoxy) is 1. The Hall–Kier alpha value is -0.530. The molecule has 3 fully saturated rings. The first kappa shape index (κ1) is 19.8. The Labute approximate surface area is 163 Å². The average molecular weight is 449 g/mol. The number of carbonyl (C=O) groups is 1. The van der Waals surface area contributed by atoms with Gasteiger partial charge < -0.3 is 15.0 Å². The van der Waals surface area contributed by atoms with Crippen molar-refractivity contribution in [3.8, 4) is 0 Å². The number of carbonyl (C=O) groups excluding carboxylic acids is 1. The molecule has 0 aromatic heterocycles. The highest BCUT2D eigenvalue weighted by Gasteiger charge is 2.39. The molecule has 2 bridgehead atoms. The van der Waals surface area contributed by atoms with E-state index in [0.29, 0.717) is 12.5 Å². The molecule has 0 amide bonds. The van der Waals surface area contributed by atoms with Gasteiger partial charge in [-0.25, -0.2) is 0 Å². The van der Waals surface area contributed by atoms with Crippen molar-refractivity contribution in [2.45, 2.75) is 39.0 Å². The van der Waals surface area contributed by atoms with Crippen molar-refractivity contribution >= 4 is 35.9 Å². The van der Waals surface area contributed by atoms with Gasteiger partial charge in [0.1, 0.15) is 0 Å². The van der Waals surface area contributed by atoms with Crippen LogP contribution in [0.4, 0.5) is 0 Å². The van der Waals surface area contributed by atoms with Gasteiger partial charge in [0.15, 0.2) is 5.96 Å². The van der Waals surface area contributed by atoms with Crippen LogP contribution in [-0.4, -0.2) is 50.6 Å². The van der Waals surface area contributed by atoms with Crippen LogP contribution in [-0.2, 0) is 9.53 Å². The van der Waals surface area contributed by atoms with Crippen molar-refractivity contribution in [1.82, 2.24) is 10.2 Å². The summed E-state index contributed by atoms with van der Waals surface area (Å²) in [5.74, 6) is 4.03. The molecule has 2 saturated carbocycles. The van der Waals surface area contributed by atoms with E-state index in [-0.39, 0.29) is 35.9 Å². The summed E-state index contributed by atoms with van der Waals surface area (Å²) in [6.45, 7) is 4.69. The quantitative estimate of drug-likeness (QED) is 0.311. The molecule has 24 heavy (non-hydrogen) atoms. The maximum Gasteiger partial charge on any atom is 0.310 e. The molecule has 3 rings (SSSR count). The van der Waals surface area contributed by atoms with E-state index in [1.807, 2.05) is 7.05 Å². The Morgan fingerprint density at radius 3 is 2.67 bits per heavy atom. The van der Waals surface area contributed by atoms with Crippen LogP contribution in [0.15, 0.2) is 4.99 Å². The van der Waals surface area contributed by atoms with Gasteiger partial charge in [0.05, 0.1) is 13.0 Å². The number of esters is 1. The van der Waals surface area contributed by atoms with Gasteiger partial charge in [-0.2, -0.15) is 0 Å². The molecule has 0 spiro atoms. The average Bonchev–Trinajstić information content (AvgIpc) is 3.26. The van der Waals surface area contributed by atoms with Crippen LogP contribution in [0.3, 0.4) is 0 Å². The second-order valence-corrected chi connectivity index (χ2v) is 7.71. The van der Waals surface area contributed by atoms with Crippen molar-refractivity contribution in [3.05, 3.63) is 0 Å². The first-order valence-electron chi connectivity index (χ1n) is 9.15. The lowest BCUT2D eigenvalue weighted by Crippen LogP contribution is -2.41. The molecule has 5 nitrogen and oxygen atoms in total. The highest BCUT2D eigenvalue weighted by Crippen LogP contribution is 2.49. The van der Waals surface area contributed by atoms with E-state index in [0.717, 1.165) is 36.8 Å². The van der Waals surface area contributed by atoms with Gasteiger partial charge in [-0.15, -0.1) is 24.0 Å². The third-order valence-electron chi connectivity index (χ3n) is 6.31. The molecular weight excluding hydrogens is 417 g/mol. The molecule has 0 radical (unpaired) electrons. The molecule has 2 aliphatic carbocycles. The normalized spacial score (nSPS) is 35.0. The lowest BCUT2D eigenvalue weighted by molar-refractivity contribution is -0.145. The van der Waals surface area contributed by atoms with Crippen LogP contribution in [0.25, 0.3) is 0 Å². The Morgan fingerprint density at radius 2 is 2.08 bits per heavy atom. The predicted molar refractivity (Wildman–Crippen MR) is 107 cm³/mol. The highest BCUT2D eigenvalue weighted by atomic mass is 127. The minimum absolute atomic E-state index is 0. The van der Waals surface area contributed by atoms with Gasteiger partial charge in [0.2, 0.25) is 0 Å². The van der Waals surface area contributed by atoms with Crippen LogP contribution < -0.4 is 5.32 Å². The number of hydrogen-bond acceptors (Lipinski definition) is 3. The van der Waals surface area contributed by atoms with E-state index in [4.69, 9.17) is 4.74 Å². The summed E-state index contributed by atoms with van der Waals surface area (Å²) in [5, 5.41) is 3.52. The second-order valence-electron chi connectivity index (χ2n) is 7.71. The SMILES string of the molecule is CN=C(NCCC1CC2CCC1C2)N1CC(C)C(C(=O)OC)C1.I. The lowest BCUT2D eigenvalue weighted by atomic mass is 9.86. The number of methoxy groups -OCH3 is 1. The molecule has 6 heteroatoms. The zero-order valence-corrected chi connectivity index (χ0v) is 17.5. The number of hydrogen-bond donors (Lipinski definition) is 1. The Morgan fingerprint density at radius 1 is 1.29 bits per heavy atom. The lowest BCUT2D eigenvalue weighted by Gasteiger charge is -2.24. The summed E-state index contributed by atoms with van der Waals surface area (Å²) < 4.78 is 4.92. The molecule has 1 aliphatic heterocycles. The third-order valence-corrected chi connectivity index (χ3v) is 6.31. The number of nitrogens with zero attached hydrogens (tertiary/aromatic N) is 2. The Kier molecular flexibility index (Phi) is 7.19. The fourth-order valence-electron chi connectivity index (χ4n) is 5.03. The molecule has 0 aromatic rings. The van der Waals surface area contributed by atoms with Gasteiger partial charge in [-0.3, -0.25) is 9.79 Å². The van der Waals surface area contributed by atoms with Crippen molar-refractivity contribution in [1.29, 1.82) is 0 Å². The smallest absolute Gasteiger partial charge is 0.310 e. The fourth-order valence-corrected chi connectivity index (χ4v) is 5.03. The van der Waals surface area contributed by atoms with Crippen molar-refractivity contribution in [3.63, 3.8) is 0 Å². The predicted octanol–water partition coefficient (Wildman–Crippen LogP) is 2.75. The number of likely N-dealkylation sites (tertiary alicyclic amines) is 1. The van der Waals surface area contributed by atoms with E-state index in [1.54, 1.807) is 0 Å². The Bertz CT molecular complexity index is 471. The van der Waals surface area contributed by atoms with Gasteiger partial charge in [0.25, 0.3) is 0 Å². The summed E-state index contributed by atoms with van der Waals surface area (Å²) in [7, 11) is 3.30. The summed E-state index contributed by atoms with van der Waals surface area (Å²) in [5.41, 5.74) is 0. The minimum Gasteiger partial charge on any atom is -0.469 e. The standard InChI is InChI=1S/C18H31N3O2.HI/c1-12-10-21(11-16(12)17(22)23-3)18(19-2)20-7-6-15-9-13-4-5-14(15)8-13;/h12-16H,4-11H2,1-3H3,(H,19,20);1H. The molecular formula is C18H32IN3O2. The molecule has 138 valence electrons. The number of guanidine groups is 1. The fraction of sp³-hybridized carbons (Fsp3) is 0.889. The van der Waals surface area contributed by atoms with Crippen LogP contribution in [0.2, 0.25) is 0 Å². The van der Waals surface area contributed by atoms with E-state index in [9.17, 15) is 4.79 Å². The monoisotopic (exact) mass is 449 g/mol. The largest absolute Gasteiger partial charge is 0.469 e. The summed E-state index contributed by atoms with van der Waals surface area (Å²) in [6.07, 6.45) is 7.09. The maximum atomic E-state index is 11.8. The Balaban J connectivity index is 0.00000208. The van der Waals surface area contributed by atoms with Crippen molar-refractivity contribution < 1.29 is 9.53 Å². The number of nitrogens with one attached hydrogen (secondary N) is 1. The zero-order chi connectivity index (χ0) is 16.4. The summed E-state index contributed by atoms with van der Waals surface area (Å²) in [4.78, 5) is 18.5. The third kappa shape index (κ3) is 4.17. The summed E-state index contributed by atoms with van der Waals surface area (Å²) in [6, 6.07) is 0. The van der Waals surface area contributed by atoms with Crippen LogP contribution in [0, 0.1) is 29.6 Å². The molecule has 3 aliphatic rings.